The fourth-order valence-corrected chi connectivity index (χ4v) is 4.97. The number of aliphatic hydroxyl groups is 1. The number of carbonyl (C=O) groups is 2. The first-order chi connectivity index (χ1) is 17.0. The molecule has 2 saturated heterocycles. The van der Waals surface area contributed by atoms with Crippen molar-refractivity contribution in [3.63, 3.8) is 0 Å². The van der Waals surface area contributed by atoms with Crippen molar-refractivity contribution in [2.45, 2.75) is 12.5 Å². The summed E-state index contributed by atoms with van der Waals surface area (Å²) in [6.45, 7) is 5.09. The highest BCUT2D eigenvalue weighted by Crippen LogP contribution is 2.41. The zero-order valence-electron chi connectivity index (χ0n) is 19.2. The van der Waals surface area contributed by atoms with Gasteiger partial charge in [0.2, 0.25) is 0 Å². The molecule has 5 rings (SSSR count). The number of rotatable bonds is 6. The standard InChI is InChI=1S/C26H27ClN2O6/c27-19-4-1-3-17(15-19)23-22(24(30)18-5-6-20-21(16-18)35-14-13-34-20)25(31)26(32)29(23)8-2-7-28-9-11-33-12-10-28/h1,3-6,15-16,23,30H,2,7-14H2/b24-22+/t23-/m0/s1. The molecule has 184 valence electrons. The van der Waals surface area contributed by atoms with Gasteiger partial charge in [-0.2, -0.15) is 0 Å². The van der Waals surface area contributed by atoms with Crippen molar-refractivity contribution in [2.24, 2.45) is 0 Å². The molecule has 0 spiro atoms. The number of nitrogens with zero attached hydrogens (tertiary/aromatic N) is 2. The van der Waals surface area contributed by atoms with E-state index in [1.165, 1.54) is 4.90 Å². The van der Waals surface area contributed by atoms with Gasteiger partial charge in [-0.05, 0) is 42.3 Å². The molecule has 2 aromatic carbocycles. The summed E-state index contributed by atoms with van der Waals surface area (Å²) in [5, 5.41) is 11.8. The lowest BCUT2D eigenvalue weighted by molar-refractivity contribution is -0.140. The normalized spacial score (nSPS) is 22.0. The minimum absolute atomic E-state index is 0.0420. The Bertz CT molecular complexity index is 1160. The van der Waals surface area contributed by atoms with Crippen LogP contribution in [0.2, 0.25) is 5.02 Å². The van der Waals surface area contributed by atoms with Gasteiger partial charge in [0.25, 0.3) is 11.7 Å². The maximum atomic E-state index is 13.2. The maximum Gasteiger partial charge on any atom is 0.295 e. The maximum absolute atomic E-state index is 13.2. The Morgan fingerprint density at radius 2 is 1.74 bits per heavy atom. The molecule has 3 heterocycles. The molecular weight excluding hydrogens is 472 g/mol. The van der Waals surface area contributed by atoms with Gasteiger partial charge < -0.3 is 24.2 Å². The lowest BCUT2D eigenvalue weighted by Crippen LogP contribution is -2.38. The first-order valence-corrected chi connectivity index (χ1v) is 12.1. The van der Waals surface area contributed by atoms with E-state index in [0.29, 0.717) is 67.0 Å². The van der Waals surface area contributed by atoms with Crippen LogP contribution in [0.5, 0.6) is 11.5 Å². The molecule has 35 heavy (non-hydrogen) atoms. The minimum atomic E-state index is -0.744. The van der Waals surface area contributed by atoms with E-state index in [2.05, 4.69) is 4.90 Å². The van der Waals surface area contributed by atoms with Crippen LogP contribution in [0.1, 0.15) is 23.6 Å². The fraction of sp³-hybridized carbons (Fsp3) is 0.385. The zero-order chi connectivity index (χ0) is 24.4. The Balaban J connectivity index is 1.48. The predicted molar refractivity (Wildman–Crippen MR) is 130 cm³/mol. The fourth-order valence-electron chi connectivity index (χ4n) is 4.77. The summed E-state index contributed by atoms with van der Waals surface area (Å²) in [7, 11) is 0. The van der Waals surface area contributed by atoms with Crippen LogP contribution in [-0.2, 0) is 14.3 Å². The number of ether oxygens (including phenoxy) is 3. The molecule has 0 aliphatic carbocycles. The lowest BCUT2D eigenvalue weighted by atomic mass is 9.95. The Kier molecular flexibility index (Phi) is 6.95. The number of hydrogen-bond donors (Lipinski definition) is 1. The molecule has 3 aliphatic rings. The number of hydrogen-bond acceptors (Lipinski definition) is 7. The molecule has 0 unspecified atom stereocenters. The number of Topliss-reactive ketones (excluding diaryl/α,β-unsaturated/α-hetero) is 1. The van der Waals surface area contributed by atoms with Crippen LogP contribution in [0.25, 0.3) is 5.76 Å². The number of likely N-dealkylation sites (tertiary alicyclic amines) is 1. The predicted octanol–water partition coefficient (Wildman–Crippen LogP) is 3.26. The van der Waals surface area contributed by atoms with E-state index >= 15 is 0 Å². The van der Waals surface area contributed by atoms with Gasteiger partial charge in [-0.3, -0.25) is 14.5 Å². The van der Waals surface area contributed by atoms with Gasteiger partial charge in [-0.15, -0.1) is 0 Å². The van der Waals surface area contributed by atoms with Crippen molar-refractivity contribution in [3.05, 3.63) is 64.2 Å². The summed E-state index contributed by atoms with van der Waals surface area (Å²) in [6.07, 6.45) is 0.689. The van der Waals surface area contributed by atoms with Crippen LogP contribution < -0.4 is 9.47 Å². The van der Waals surface area contributed by atoms with Gasteiger partial charge in [-0.1, -0.05) is 23.7 Å². The second kappa shape index (κ2) is 10.3. The Hall–Kier alpha value is -3.07. The van der Waals surface area contributed by atoms with Gasteiger partial charge in [0.1, 0.15) is 19.0 Å². The van der Waals surface area contributed by atoms with E-state index in [-0.39, 0.29) is 11.3 Å². The van der Waals surface area contributed by atoms with E-state index in [1.54, 1.807) is 36.4 Å². The van der Waals surface area contributed by atoms with Crippen LogP contribution in [0.4, 0.5) is 0 Å². The largest absolute Gasteiger partial charge is 0.507 e. The van der Waals surface area contributed by atoms with E-state index in [9.17, 15) is 14.7 Å². The summed E-state index contributed by atoms with van der Waals surface area (Å²) >= 11 is 6.26. The molecule has 8 nitrogen and oxygen atoms in total. The van der Waals surface area contributed by atoms with Crippen molar-refractivity contribution in [3.8, 4) is 11.5 Å². The molecule has 9 heteroatoms. The molecule has 0 saturated carbocycles. The molecule has 2 aromatic rings. The third-order valence-corrected chi connectivity index (χ3v) is 6.73. The number of fused-ring (bicyclic) bond motifs is 1. The number of morpholine rings is 1. The number of halogens is 1. The third kappa shape index (κ3) is 4.87. The minimum Gasteiger partial charge on any atom is -0.507 e. The SMILES string of the molecule is O=C1C(=O)N(CCCN2CCOCC2)[C@@H](c2cccc(Cl)c2)/C1=C(\O)c1ccc2c(c1)OCCO2. The lowest BCUT2D eigenvalue weighted by Gasteiger charge is -2.29. The molecule has 3 aliphatic heterocycles. The number of carbonyl (C=O) groups excluding carboxylic acids is 2. The average molecular weight is 499 g/mol. The first kappa shape index (κ1) is 23.7. The molecule has 0 radical (unpaired) electrons. The van der Waals surface area contributed by atoms with Gasteiger partial charge in [0.05, 0.1) is 24.8 Å². The van der Waals surface area contributed by atoms with Gasteiger partial charge >= 0.3 is 0 Å². The Morgan fingerprint density at radius 1 is 0.971 bits per heavy atom. The molecule has 0 bridgehead atoms. The highest BCUT2D eigenvalue weighted by atomic mass is 35.5. The van der Waals surface area contributed by atoms with Gasteiger partial charge in [0, 0.05) is 36.8 Å². The highest BCUT2D eigenvalue weighted by molar-refractivity contribution is 6.46. The number of ketones is 1. The number of amides is 1. The molecular formula is C26H27ClN2O6. The van der Waals surface area contributed by atoms with Crippen molar-refractivity contribution in [1.82, 2.24) is 9.80 Å². The smallest absolute Gasteiger partial charge is 0.295 e. The quantitative estimate of drug-likeness (QED) is 0.371. The summed E-state index contributed by atoms with van der Waals surface area (Å²) in [5.41, 5.74) is 1.09. The van der Waals surface area contributed by atoms with Crippen LogP contribution in [0.15, 0.2) is 48.0 Å². The van der Waals surface area contributed by atoms with E-state index in [4.69, 9.17) is 25.8 Å². The van der Waals surface area contributed by atoms with Crippen LogP contribution in [-0.4, -0.2) is 79.2 Å². The summed E-state index contributed by atoms with van der Waals surface area (Å²) in [4.78, 5) is 30.2. The second-order valence-corrected chi connectivity index (χ2v) is 9.15. The summed E-state index contributed by atoms with van der Waals surface area (Å²) in [5.74, 6) is -0.534. The third-order valence-electron chi connectivity index (χ3n) is 6.50. The molecule has 1 N–H and O–H groups in total. The summed E-state index contributed by atoms with van der Waals surface area (Å²) < 4.78 is 16.6. The van der Waals surface area contributed by atoms with Crippen molar-refractivity contribution in [2.75, 3.05) is 52.6 Å². The molecule has 2 fully saturated rings. The van der Waals surface area contributed by atoms with Crippen molar-refractivity contribution >= 4 is 29.1 Å². The van der Waals surface area contributed by atoms with Crippen LogP contribution >= 0.6 is 11.6 Å². The highest BCUT2D eigenvalue weighted by Gasteiger charge is 2.46. The summed E-state index contributed by atoms with van der Waals surface area (Å²) in [6, 6.07) is 11.3. The Labute approximate surface area is 208 Å². The van der Waals surface area contributed by atoms with Gasteiger partial charge in [-0.25, -0.2) is 0 Å². The number of benzene rings is 2. The van der Waals surface area contributed by atoms with Crippen molar-refractivity contribution < 1.29 is 28.9 Å². The molecule has 1 atom stereocenters. The topological polar surface area (TPSA) is 88.5 Å². The van der Waals surface area contributed by atoms with E-state index in [0.717, 1.165) is 19.6 Å². The zero-order valence-corrected chi connectivity index (χ0v) is 20.0. The Morgan fingerprint density at radius 3 is 2.51 bits per heavy atom. The van der Waals surface area contributed by atoms with E-state index in [1.807, 2.05) is 6.07 Å². The van der Waals surface area contributed by atoms with Crippen molar-refractivity contribution in [1.29, 1.82) is 0 Å². The molecule has 1 amide bonds. The molecule has 0 aromatic heterocycles. The average Bonchev–Trinajstić information content (AvgIpc) is 3.13. The van der Waals surface area contributed by atoms with E-state index < -0.39 is 17.7 Å². The monoisotopic (exact) mass is 498 g/mol. The van der Waals surface area contributed by atoms with Gasteiger partial charge in [0.15, 0.2) is 11.5 Å². The second-order valence-electron chi connectivity index (χ2n) is 8.71. The number of aliphatic hydroxyl groups excluding tert-OH is 1. The first-order valence-electron chi connectivity index (χ1n) is 11.8. The van der Waals surface area contributed by atoms with Crippen LogP contribution in [0.3, 0.4) is 0 Å². The van der Waals surface area contributed by atoms with Crippen LogP contribution in [0, 0.1) is 0 Å².